The van der Waals surface area contributed by atoms with Gasteiger partial charge in [0, 0.05) is 12.7 Å². The molecule has 0 spiro atoms. The van der Waals surface area contributed by atoms with E-state index in [4.69, 9.17) is 0 Å². The predicted octanol–water partition coefficient (Wildman–Crippen LogP) is 4.82. The van der Waals surface area contributed by atoms with Gasteiger partial charge in [-0.25, -0.2) is 15.0 Å². The first kappa shape index (κ1) is 14.7. The van der Waals surface area contributed by atoms with Gasteiger partial charge in [0.25, 0.3) is 0 Å². The Hall–Kier alpha value is -1.18. The lowest BCUT2D eigenvalue weighted by Crippen LogP contribution is -2.04. The van der Waals surface area contributed by atoms with Gasteiger partial charge in [-0.3, -0.25) is 0 Å². The topological polar surface area (TPSA) is 50.7 Å². The van der Waals surface area contributed by atoms with Crippen molar-refractivity contribution in [2.24, 2.45) is 0 Å². The van der Waals surface area contributed by atoms with E-state index >= 15 is 0 Å². The molecule has 0 radical (unpaired) electrons. The van der Waals surface area contributed by atoms with Crippen molar-refractivity contribution < 1.29 is 0 Å². The van der Waals surface area contributed by atoms with Crippen LogP contribution in [0.2, 0.25) is 0 Å². The van der Waals surface area contributed by atoms with Crippen molar-refractivity contribution in [1.29, 1.82) is 0 Å². The molecule has 0 bridgehead atoms. The van der Waals surface area contributed by atoms with Gasteiger partial charge in [0.05, 0.1) is 14.7 Å². The number of aromatic nitrogens is 3. The number of para-hydroxylation sites is 1. The maximum absolute atomic E-state index is 4.62. The number of benzene rings is 1. The van der Waals surface area contributed by atoms with Gasteiger partial charge >= 0.3 is 0 Å². The molecule has 1 N–H and O–H groups in total. The number of nitrogens with zero attached hydrogens (tertiary/aromatic N) is 3. The maximum atomic E-state index is 4.62. The highest BCUT2D eigenvalue weighted by Gasteiger charge is 2.10. The van der Waals surface area contributed by atoms with E-state index in [0.717, 1.165) is 32.3 Å². The van der Waals surface area contributed by atoms with E-state index in [2.05, 4.69) is 49.2 Å². The molecule has 3 aromatic rings. The van der Waals surface area contributed by atoms with Gasteiger partial charge in [-0.05, 0) is 46.2 Å². The van der Waals surface area contributed by atoms with Gasteiger partial charge in [-0.15, -0.1) is 11.3 Å². The van der Waals surface area contributed by atoms with Crippen LogP contribution in [0.5, 0.6) is 0 Å². The standard InChI is InChI=1S/C14H13BrN4S2/c1-2-7-16-13-17-8-9(15)12(19-13)21-14-18-10-5-3-4-6-11(10)20-14/h3-6,8H,2,7H2,1H3,(H,16,17,19). The Bertz CT molecular complexity index is 727. The molecule has 0 amide bonds. The van der Waals surface area contributed by atoms with E-state index in [0.29, 0.717) is 5.95 Å². The first-order chi connectivity index (χ1) is 10.3. The number of halogens is 1. The van der Waals surface area contributed by atoms with Crippen molar-refractivity contribution >= 4 is 55.2 Å². The Balaban J connectivity index is 1.86. The summed E-state index contributed by atoms with van der Waals surface area (Å²) < 4.78 is 3.06. The molecule has 108 valence electrons. The molecule has 0 fully saturated rings. The largest absolute Gasteiger partial charge is 0.354 e. The highest BCUT2D eigenvalue weighted by atomic mass is 79.9. The third kappa shape index (κ3) is 3.53. The van der Waals surface area contributed by atoms with Crippen LogP contribution in [0, 0.1) is 0 Å². The van der Waals surface area contributed by atoms with Crippen LogP contribution in [0.1, 0.15) is 13.3 Å². The van der Waals surface area contributed by atoms with Gasteiger partial charge in [0.15, 0.2) is 4.34 Å². The van der Waals surface area contributed by atoms with E-state index in [1.165, 1.54) is 4.70 Å². The zero-order valence-electron chi connectivity index (χ0n) is 11.3. The average molecular weight is 381 g/mol. The van der Waals surface area contributed by atoms with Crippen LogP contribution in [0.15, 0.2) is 44.3 Å². The molecule has 0 atom stereocenters. The van der Waals surface area contributed by atoms with Crippen molar-refractivity contribution in [3.8, 4) is 0 Å². The minimum Gasteiger partial charge on any atom is -0.354 e. The summed E-state index contributed by atoms with van der Waals surface area (Å²) in [5.41, 5.74) is 1.03. The molecule has 0 aliphatic rings. The van der Waals surface area contributed by atoms with Crippen LogP contribution < -0.4 is 5.32 Å². The second kappa shape index (κ2) is 6.72. The lowest BCUT2D eigenvalue weighted by Gasteiger charge is -2.05. The van der Waals surface area contributed by atoms with E-state index in [1.54, 1.807) is 29.3 Å². The fourth-order valence-electron chi connectivity index (χ4n) is 1.72. The quantitative estimate of drug-likeness (QED) is 0.642. The molecular formula is C14H13BrN4S2. The molecule has 0 aliphatic carbocycles. The van der Waals surface area contributed by atoms with Crippen molar-refractivity contribution in [3.05, 3.63) is 34.9 Å². The monoisotopic (exact) mass is 380 g/mol. The van der Waals surface area contributed by atoms with Crippen LogP contribution in [-0.2, 0) is 0 Å². The van der Waals surface area contributed by atoms with E-state index in [1.807, 2.05) is 18.2 Å². The number of nitrogens with one attached hydrogen (secondary N) is 1. The summed E-state index contributed by atoms with van der Waals surface area (Å²) >= 11 is 6.73. The van der Waals surface area contributed by atoms with Crippen LogP contribution in [0.25, 0.3) is 10.2 Å². The smallest absolute Gasteiger partial charge is 0.223 e. The number of rotatable bonds is 5. The Morgan fingerprint density at radius 1 is 1.29 bits per heavy atom. The molecule has 0 unspecified atom stereocenters. The summed E-state index contributed by atoms with van der Waals surface area (Å²) in [6.07, 6.45) is 2.82. The Labute approximate surface area is 139 Å². The van der Waals surface area contributed by atoms with Gasteiger partial charge in [0.2, 0.25) is 5.95 Å². The Morgan fingerprint density at radius 3 is 2.95 bits per heavy atom. The highest BCUT2D eigenvalue weighted by molar-refractivity contribution is 9.10. The molecule has 7 heteroatoms. The van der Waals surface area contributed by atoms with Crippen molar-refractivity contribution in [1.82, 2.24) is 15.0 Å². The van der Waals surface area contributed by atoms with E-state index in [9.17, 15) is 0 Å². The minimum absolute atomic E-state index is 0.656. The fraction of sp³-hybridized carbons (Fsp3) is 0.214. The number of hydrogen-bond donors (Lipinski definition) is 1. The predicted molar refractivity (Wildman–Crippen MR) is 92.3 cm³/mol. The normalized spacial score (nSPS) is 11.0. The zero-order chi connectivity index (χ0) is 14.7. The second-order valence-electron chi connectivity index (χ2n) is 4.32. The summed E-state index contributed by atoms with van der Waals surface area (Å²) in [5, 5.41) is 4.08. The third-order valence-electron chi connectivity index (χ3n) is 2.70. The number of hydrogen-bond acceptors (Lipinski definition) is 6. The average Bonchev–Trinajstić information content (AvgIpc) is 2.90. The summed E-state index contributed by atoms with van der Waals surface area (Å²) in [6.45, 7) is 2.98. The van der Waals surface area contributed by atoms with E-state index in [-0.39, 0.29) is 0 Å². The molecule has 2 aromatic heterocycles. The van der Waals surface area contributed by atoms with Crippen LogP contribution >= 0.6 is 39.0 Å². The maximum Gasteiger partial charge on any atom is 0.223 e. The van der Waals surface area contributed by atoms with E-state index < -0.39 is 0 Å². The number of fused-ring (bicyclic) bond motifs is 1. The summed E-state index contributed by atoms with van der Waals surface area (Å²) in [7, 11) is 0. The second-order valence-corrected chi connectivity index (χ2v) is 7.44. The van der Waals surface area contributed by atoms with Crippen molar-refractivity contribution in [2.45, 2.75) is 22.7 Å². The molecule has 3 rings (SSSR count). The van der Waals surface area contributed by atoms with Gasteiger partial charge < -0.3 is 5.32 Å². The summed E-state index contributed by atoms with van der Waals surface area (Å²) in [6, 6.07) is 8.14. The summed E-state index contributed by atoms with van der Waals surface area (Å²) in [5.74, 6) is 0.656. The van der Waals surface area contributed by atoms with Crippen LogP contribution in [-0.4, -0.2) is 21.5 Å². The molecular weight excluding hydrogens is 368 g/mol. The van der Waals surface area contributed by atoms with Crippen molar-refractivity contribution in [2.75, 3.05) is 11.9 Å². The van der Waals surface area contributed by atoms with Crippen molar-refractivity contribution in [3.63, 3.8) is 0 Å². The van der Waals surface area contributed by atoms with Gasteiger partial charge in [0.1, 0.15) is 5.03 Å². The highest BCUT2D eigenvalue weighted by Crippen LogP contribution is 2.36. The van der Waals surface area contributed by atoms with Crippen LogP contribution in [0.3, 0.4) is 0 Å². The summed E-state index contributed by atoms with van der Waals surface area (Å²) in [4.78, 5) is 13.4. The molecule has 0 saturated carbocycles. The third-order valence-corrected chi connectivity index (χ3v) is 5.65. The molecule has 2 heterocycles. The molecule has 0 aliphatic heterocycles. The molecule has 1 aromatic carbocycles. The minimum atomic E-state index is 0.656. The molecule has 21 heavy (non-hydrogen) atoms. The SMILES string of the molecule is CCCNc1ncc(Br)c(Sc2nc3ccccc3s2)n1. The lowest BCUT2D eigenvalue weighted by atomic mass is 10.3. The zero-order valence-corrected chi connectivity index (χ0v) is 14.6. The number of anilines is 1. The molecule has 4 nitrogen and oxygen atoms in total. The first-order valence-electron chi connectivity index (χ1n) is 6.56. The lowest BCUT2D eigenvalue weighted by molar-refractivity contribution is 0.930. The molecule has 0 saturated heterocycles. The van der Waals surface area contributed by atoms with Gasteiger partial charge in [-0.2, -0.15) is 0 Å². The first-order valence-corrected chi connectivity index (χ1v) is 8.98. The fourth-order valence-corrected chi connectivity index (χ4v) is 4.12. The number of thiazole rings is 1. The van der Waals surface area contributed by atoms with Crippen LogP contribution in [0.4, 0.5) is 5.95 Å². The Kier molecular flexibility index (Phi) is 4.72. The van der Waals surface area contributed by atoms with Gasteiger partial charge in [-0.1, -0.05) is 19.1 Å². The Morgan fingerprint density at radius 2 is 2.14 bits per heavy atom.